The molecule has 24 heavy (non-hydrogen) atoms. The average molecular weight is 451 g/mol. The summed E-state index contributed by atoms with van der Waals surface area (Å²) in [4.78, 5) is 9.48. The normalized spacial score (nSPS) is 12.8. The third kappa shape index (κ3) is 4.49. The van der Waals surface area contributed by atoms with E-state index in [0.29, 0.717) is 6.42 Å². The predicted molar refractivity (Wildman–Crippen MR) is 94.6 cm³/mol. The lowest BCUT2D eigenvalue weighted by Gasteiger charge is -2.21. The smallest absolute Gasteiger partial charge is 0.423 e. The molecule has 0 aliphatic rings. The number of ether oxygens (including phenoxy) is 1. The molecule has 8 heteroatoms. The highest BCUT2D eigenvalue weighted by Gasteiger charge is 2.37. The molecule has 0 bridgehead atoms. The summed E-state index contributed by atoms with van der Waals surface area (Å²) >= 11 is 2.16. The van der Waals surface area contributed by atoms with Gasteiger partial charge in [0, 0.05) is 22.5 Å². The number of alkyl halides is 3. The molecule has 1 heterocycles. The first kappa shape index (κ1) is 18.8. The molecule has 1 unspecified atom stereocenters. The molecule has 1 atom stereocenters. The van der Waals surface area contributed by atoms with E-state index in [4.69, 9.17) is 4.74 Å². The van der Waals surface area contributed by atoms with Gasteiger partial charge >= 0.3 is 6.18 Å². The van der Waals surface area contributed by atoms with Gasteiger partial charge in [-0.25, -0.2) is 4.98 Å². The lowest BCUT2D eigenvalue weighted by Crippen LogP contribution is -2.19. The topological polar surface area (TPSA) is 38.2 Å². The largest absolute Gasteiger partial charge is 0.474 e. The van der Waals surface area contributed by atoms with Crippen LogP contribution >= 0.6 is 22.6 Å². The summed E-state index contributed by atoms with van der Waals surface area (Å²) in [5.41, 5.74) is -0.196. The number of halogens is 4. The summed E-state index contributed by atoms with van der Waals surface area (Å²) in [7, 11) is 1.70. The Morgan fingerprint density at radius 1 is 1.33 bits per heavy atom. The van der Waals surface area contributed by atoms with Gasteiger partial charge < -0.3 is 9.64 Å². The summed E-state index contributed by atoms with van der Waals surface area (Å²) in [6.07, 6.45) is -3.60. The maximum absolute atomic E-state index is 13.1. The molecule has 0 fully saturated rings. The van der Waals surface area contributed by atoms with Gasteiger partial charge in [-0.05, 0) is 54.1 Å². The standard InChI is InChI=1S/C16H17F3IN3O/c1-4-10(2)24-14-13(16(17,18)19)9-21-15(22-14)23(3)12-7-5-6-11(20)8-12/h5-10H,4H2,1-3H3. The lowest BCUT2D eigenvalue weighted by atomic mass is 10.3. The molecule has 1 aromatic heterocycles. The van der Waals surface area contributed by atoms with Crippen molar-refractivity contribution in [2.45, 2.75) is 32.5 Å². The van der Waals surface area contributed by atoms with Crippen molar-refractivity contribution in [3.8, 4) is 5.88 Å². The van der Waals surface area contributed by atoms with Gasteiger partial charge in [-0.3, -0.25) is 0 Å². The van der Waals surface area contributed by atoms with E-state index in [0.717, 1.165) is 15.5 Å². The van der Waals surface area contributed by atoms with Crippen molar-refractivity contribution in [1.82, 2.24) is 9.97 Å². The zero-order valence-electron chi connectivity index (χ0n) is 13.4. The lowest BCUT2D eigenvalue weighted by molar-refractivity contribution is -0.139. The molecule has 0 saturated carbocycles. The van der Waals surface area contributed by atoms with E-state index in [1.54, 1.807) is 18.9 Å². The van der Waals surface area contributed by atoms with Crippen molar-refractivity contribution in [2.24, 2.45) is 0 Å². The van der Waals surface area contributed by atoms with Crippen molar-refractivity contribution in [3.63, 3.8) is 0 Å². The zero-order chi connectivity index (χ0) is 17.9. The van der Waals surface area contributed by atoms with Gasteiger partial charge in [-0.2, -0.15) is 18.2 Å². The van der Waals surface area contributed by atoms with Crippen LogP contribution < -0.4 is 9.64 Å². The minimum atomic E-state index is -4.57. The minimum absolute atomic E-state index is 0.142. The van der Waals surface area contributed by atoms with Crippen LogP contribution in [0.15, 0.2) is 30.5 Å². The Morgan fingerprint density at radius 3 is 2.62 bits per heavy atom. The van der Waals surface area contributed by atoms with Crippen molar-refractivity contribution in [2.75, 3.05) is 11.9 Å². The highest BCUT2D eigenvalue weighted by atomic mass is 127. The number of benzene rings is 1. The zero-order valence-corrected chi connectivity index (χ0v) is 15.6. The fourth-order valence-electron chi connectivity index (χ4n) is 1.88. The van der Waals surface area contributed by atoms with Crippen LogP contribution in [0.2, 0.25) is 0 Å². The first-order valence-corrected chi connectivity index (χ1v) is 8.40. The molecule has 2 aromatic rings. The Kier molecular flexibility index (Phi) is 5.89. The van der Waals surface area contributed by atoms with Crippen molar-refractivity contribution in [1.29, 1.82) is 0 Å². The Balaban J connectivity index is 2.43. The third-order valence-corrected chi connectivity index (χ3v) is 4.10. The average Bonchev–Trinajstić information content (AvgIpc) is 2.52. The predicted octanol–water partition coefficient (Wildman–Crippen LogP) is 5.05. The summed E-state index contributed by atoms with van der Waals surface area (Å²) in [5.74, 6) is -0.303. The number of anilines is 2. The van der Waals surface area contributed by atoms with Gasteiger partial charge in [0.2, 0.25) is 11.8 Å². The second kappa shape index (κ2) is 7.54. The summed E-state index contributed by atoms with van der Waals surface area (Å²) in [6, 6.07) is 7.49. The van der Waals surface area contributed by atoms with Crippen LogP contribution in [0.3, 0.4) is 0 Å². The molecular weight excluding hydrogens is 434 g/mol. The second-order valence-corrected chi connectivity index (χ2v) is 6.51. The Morgan fingerprint density at radius 2 is 2.04 bits per heavy atom. The molecule has 0 aliphatic heterocycles. The number of hydrogen-bond donors (Lipinski definition) is 0. The molecule has 2 rings (SSSR count). The summed E-state index contributed by atoms with van der Waals surface area (Å²) < 4.78 is 45.8. The van der Waals surface area contributed by atoms with E-state index < -0.39 is 17.6 Å². The number of aromatic nitrogens is 2. The summed E-state index contributed by atoms with van der Waals surface area (Å²) in [5, 5.41) is 0. The highest BCUT2D eigenvalue weighted by Crippen LogP contribution is 2.36. The minimum Gasteiger partial charge on any atom is -0.474 e. The van der Waals surface area contributed by atoms with Crippen LogP contribution in [0, 0.1) is 3.57 Å². The van der Waals surface area contributed by atoms with E-state index in [-0.39, 0.29) is 12.1 Å². The fraction of sp³-hybridized carbons (Fsp3) is 0.375. The third-order valence-electron chi connectivity index (χ3n) is 3.43. The SMILES string of the molecule is CCC(C)Oc1nc(N(C)c2cccc(I)c2)ncc1C(F)(F)F. The molecule has 0 radical (unpaired) electrons. The van der Waals surface area contributed by atoms with E-state index >= 15 is 0 Å². The van der Waals surface area contributed by atoms with Gasteiger partial charge in [-0.1, -0.05) is 13.0 Å². The monoisotopic (exact) mass is 451 g/mol. The van der Waals surface area contributed by atoms with E-state index in [1.165, 1.54) is 0 Å². The number of nitrogens with zero attached hydrogens (tertiary/aromatic N) is 3. The molecule has 0 amide bonds. The van der Waals surface area contributed by atoms with Gasteiger partial charge in [0.1, 0.15) is 5.56 Å². The Hall–Kier alpha value is -1.58. The number of hydrogen-bond acceptors (Lipinski definition) is 4. The molecular formula is C16H17F3IN3O. The van der Waals surface area contributed by atoms with Crippen LogP contribution in [0.4, 0.5) is 24.8 Å². The first-order chi connectivity index (χ1) is 11.2. The fourth-order valence-corrected chi connectivity index (χ4v) is 2.40. The van der Waals surface area contributed by atoms with Crippen molar-refractivity contribution < 1.29 is 17.9 Å². The molecule has 0 spiro atoms. The maximum Gasteiger partial charge on any atom is 0.423 e. The molecule has 130 valence electrons. The van der Waals surface area contributed by atoms with Crippen LogP contribution in [0.1, 0.15) is 25.8 Å². The van der Waals surface area contributed by atoms with Crippen molar-refractivity contribution in [3.05, 3.63) is 39.6 Å². The van der Waals surface area contributed by atoms with Crippen LogP contribution in [-0.2, 0) is 6.18 Å². The molecule has 0 aliphatic carbocycles. The van der Waals surface area contributed by atoms with E-state index in [1.807, 2.05) is 31.2 Å². The van der Waals surface area contributed by atoms with Crippen LogP contribution in [0.25, 0.3) is 0 Å². The highest BCUT2D eigenvalue weighted by molar-refractivity contribution is 14.1. The van der Waals surface area contributed by atoms with E-state index in [2.05, 4.69) is 32.6 Å². The van der Waals surface area contributed by atoms with E-state index in [9.17, 15) is 13.2 Å². The maximum atomic E-state index is 13.1. The molecule has 0 saturated heterocycles. The Bertz CT molecular complexity index is 709. The Labute approximate surface area is 152 Å². The van der Waals surface area contributed by atoms with Crippen molar-refractivity contribution >= 4 is 34.2 Å². The first-order valence-electron chi connectivity index (χ1n) is 7.32. The molecule has 4 nitrogen and oxygen atoms in total. The van der Waals surface area contributed by atoms with Gasteiger partial charge in [-0.15, -0.1) is 0 Å². The quantitative estimate of drug-likeness (QED) is 0.597. The van der Waals surface area contributed by atoms with Crippen LogP contribution in [0.5, 0.6) is 5.88 Å². The summed E-state index contributed by atoms with van der Waals surface area (Å²) in [6.45, 7) is 3.53. The molecule has 1 aromatic carbocycles. The van der Waals surface area contributed by atoms with Gasteiger partial charge in [0.05, 0.1) is 6.10 Å². The van der Waals surface area contributed by atoms with Gasteiger partial charge in [0.15, 0.2) is 0 Å². The van der Waals surface area contributed by atoms with Crippen LogP contribution in [-0.4, -0.2) is 23.1 Å². The number of rotatable bonds is 5. The molecule has 0 N–H and O–H groups in total. The second-order valence-electron chi connectivity index (χ2n) is 5.26. The van der Waals surface area contributed by atoms with Gasteiger partial charge in [0.25, 0.3) is 0 Å².